The van der Waals surface area contributed by atoms with Crippen molar-refractivity contribution in [3.63, 3.8) is 0 Å². The Kier molecular flexibility index (Phi) is 5.15. The van der Waals surface area contributed by atoms with Crippen molar-refractivity contribution in [3.05, 3.63) is 47.8 Å². The van der Waals surface area contributed by atoms with Crippen LogP contribution in [0.15, 0.2) is 36.7 Å². The highest BCUT2D eigenvalue weighted by molar-refractivity contribution is 5.89. The molecule has 1 saturated heterocycles. The molecule has 0 aliphatic carbocycles. The molecule has 0 unspecified atom stereocenters. The summed E-state index contributed by atoms with van der Waals surface area (Å²) in [6.07, 6.45) is 5.44. The molecule has 1 aliphatic rings. The maximum absolute atomic E-state index is 12.9. The molecule has 3 rings (SSSR count). The van der Waals surface area contributed by atoms with E-state index in [0.29, 0.717) is 6.54 Å². The number of piperidine rings is 1. The van der Waals surface area contributed by atoms with Crippen molar-refractivity contribution >= 4 is 11.7 Å². The van der Waals surface area contributed by atoms with Crippen molar-refractivity contribution in [2.24, 2.45) is 7.05 Å². The number of carbonyl (C=O) groups is 1. The molecule has 2 amide bonds. The Hall–Kier alpha value is -2.34. The van der Waals surface area contributed by atoms with Gasteiger partial charge in [0.2, 0.25) is 0 Å². The lowest BCUT2D eigenvalue weighted by molar-refractivity contribution is 0.166. The molecule has 2 heterocycles. The Bertz CT molecular complexity index is 690. The lowest BCUT2D eigenvalue weighted by Crippen LogP contribution is -2.47. The lowest BCUT2D eigenvalue weighted by atomic mass is 10.0. The van der Waals surface area contributed by atoms with Crippen LogP contribution in [-0.2, 0) is 13.6 Å². The molecule has 2 aromatic rings. The van der Waals surface area contributed by atoms with Crippen LogP contribution in [0.4, 0.5) is 10.5 Å². The van der Waals surface area contributed by atoms with E-state index >= 15 is 0 Å². The maximum Gasteiger partial charge on any atom is 0.322 e. The van der Waals surface area contributed by atoms with Crippen LogP contribution in [0.5, 0.6) is 0 Å². The third-order valence-electron chi connectivity index (χ3n) is 4.57. The van der Waals surface area contributed by atoms with Gasteiger partial charge in [-0.3, -0.25) is 4.68 Å². The number of hydrogen-bond acceptors (Lipinski definition) is 3. The van der Waals surface area contributed by atoms with E-state index in [1.165, 1.54) is 11.1 Å². The lowest BCUT2D eigenvalue weighted by Gasteiger charge is -2.35. The van der Waals surface area contributed by atoms with E-state index in [2.05, 4.69) is 34.8 Å². The third-order valence-corrected chi connectivity index (χ3v) is 4.57. The molecule has 24 heavy (non-hydrogen) atoms. The van der Waals surface area contributed by atoms with Gasteiger partial charge in [0.1, 0.15) is 0 Å². The smallest absolute Gasteiger partial charge is 0.317 e. The monoisotopic (exact) mass is 327 g/mol. The largest absolute Gasteiger partial charge is 0.322 e. The first-order valence-corrected chi connectivity index (χ1v) is 8.45. The van der Waals surface area contributed by atoms with Gasteiger partial charge in [-0.25, -0.2) is 4.79 Å². The van der Waals surface area contributed by atoms with Crippen LogP contribution in [0.2, 0.25) is 0 Å². The van der Waals surface area contributed by atoms with Crippen LogP contribution < -0.4 is 10.6 Å². The second-order valence-corrected chi connectivity index (χ2v) is 6.37. The fourth-order valence-electron chi connectivity index (χ4n) is 3.14. The van der Waals surface area contributed by atoms with Crippen LogP contribution in [-0.4, -0.2) is 39.8 Å². The van der Waals surface area contributed by atoms with Gasteiger partial charge in [0, 0.05) is 25.8 Å². The van der Waals surface area contributed by atoms with Crippen molar-refractivity contribution in [2.75, 3.05) is 18.4 Å². The van der Waals surface area contributed by atoms with Crippen LogP contribution in [0.3, 0.4) is 0 Å². The van der Waals surface area contributed by atoms with Gasteiger partial charge >= 0.3 is 6.03 Å². The van der Waals surface area contributed by atoms with E-state index in [1.807, 2.05) is 30.3 Å². The number of amides is 2. The van der Waals surface area contributed by atoms with Crippen molar-refractivity contribution in [1.29, 1.82) is 0 Å². The molecule has 6 nitrogen and oxygen atoms in total. The number of aryl methyl sites for hydroxylation is 2. The summed E-state index contributed by atoms with van der Waals surface area (Å²) in [6.45, 7) is 4.63. The molecule has 0 bridgehead atoms. The minimum Gasteiger partial charge on any atom is -0.317 e. The molecule has 1 fully saturated rings. The zero-order valence-electron chi connectivity index (χ0n) is 14.3. The van der Waals surface area contributed by atoms with Crippen molar-refractivity contribution in [3.8, 4) is 0 Å². The van der Waals surface area contributed by atoms with Gasteiger partial charge in [0.25, 0.3) is 0 Å². The molecule has 2 N–H and O–H groups in total. The fourth-order valence-corrected chi connectivity index (χ4v) is 3.14. The second kappa shape index (κ2) is 7.49. The summed E-state index contributed by atoms with van der Waals surface area (Å²) in [5.74, 6) is 0. The molecular weight excluding hydrogens is 302 g/mol. The quantitative estimate of drug-likeness (QED) is 0.907. The standard InChI is InChI=1S/C18H25N5O/c1-14-5-3-4-6-15(14)12-23(17-7-9-19-10-8-17)18(24)21-16-11-20-22(2)13-16/h3-6,11,13,17,19H,7-10,12H2,1-2H3,(H,21,24). The predicted molar refractivity (Wildman–Crippen MR) is 94.8 cm³/mol. The van der Waals surface area contributed by atoms with E-state index in [0.717, 1.165) is 31.6 Å². The van der Waals surface area contributed by atoms with Gasteiger partial charge in [-0.2, -0.15) is 5.10 Å². The number of nitrogens with one attached hydrogen (secondary N) is 2. The SMILES string of the molecule is Cc1ccccc1CN(C(=O)Nc1cnn(C)c1)C1CCNCC1. The second-order valence-electron chi connectivity index (χ2n) is 6.37. The highest BCUT2D eigenvalue weighted by Gasteiger charge is 2.26. The number of nitrogens with zero attached hydrogens (tertiary/aromatic N) is 3. The van der Waals surface area contributed by atoms with Crippen LogP contribution in [0.1, 0.15) is 24.0 Å². The molecule has 0 saturated carbocycles. The van der Waals surface area contributed by atoms with E-state index in [9.17, 15) is 4.79 Å². The van der Waals surface area contributed by atoms with Gasteiger partial charge in [-0.1, -0.05) is 24.3 Å². The summed E-state index contributed by atoms with van der Waals surface area (Å²) >= 11 is 0. The summed E-state index contributed by atoms with van der Waals surface area (Å²) in [6, 6.07) is 8.45. The first-order valence-electron chi connectivity index (χ1n) is 8.45. The maximum atomic E-state index is 12.9. The average molecular weight is 327 g/mol. The molecule has 1 aromatic carbocycles. The van der Waals surface area contributed by atoms with E-state index in [4.69, 9.17) is 0 Å². The zero-order valence-corrected chi connectivity index (χ0v) is 14.3. The Balaban J connectivity index is 1.78. The Morgan fingerprint density at radius 1 is 1.38 bits per heavy atom. The van der Waals surface area contributed by atoms with Crippen LogP contribution in [0, 0.1) is 6.92 Å². The van der Waals surface area contributed by atoms with Gasteiger partial charge in [-0.15, -0.1) is 0 Å². The topological polar surface area (TPSA) is 62.2 Å². The summed E-state index contributed by atoms with van der Waals surface area (Å²) in [7, 11) is 1.84. The van der Waals surface area contributed by atoms with Crippen LogP contribution in [0.25, 0.3) is 0 Å². The number of rotatable bonds is 4. The minimum absolute atomic E-state index is 0.0573. The molecule has 1 aliphatic heterocycles. The first-order chi connectivity index (χ1) is 11.6. The van der Waals surface area contributed by atoms with E-state index in [1.54, 1.807) is 10.9 Å². The van der Waals surface area contributed by atoms with Gasteiger partial charge in [0.05, 0.1) is 11.9 Å². The summed E-state index contributed by atoms with van der Waals surface area (Å²) in [5, 5.41) is 10.5. The van der Waals surface area contributed by atoms with Crippen molar-refractivity contribution in [2.45, 2.75) is 32.4 Å². The van der Waals surface area contributed by atoms with Crippen molar-refractivity contribution in [1.82, 2.24) is 20.0 Å². The fraction of sp³-hybridized carbons (Fsp3) is 0.444. The normalized spacial score (nSPS) is 15.2. The molecule has 0 radical (unpaired) electrons. The third kappa shape index (κ3) is 3.94. The molecule has 0 spiro atoms. The van der Waals surface area contributed by atoms with Gasteiger partial charge in [0.15, 0.2) is 0 Å². The van der Waals surface area contributed by atoms with E-state index < -0.39 is 0 Å². The van der Waals surface area contributed by atoms with Gasteiger partial charge in [-0.05, 0) is 44.0 Å². The molecular formula is C18H25N5O. The molecule has 0 atom stereocenters. The zero-order chi connectivity index (χ0) is 16.9. The first kappa shape index (κ1) is 16.5. The summed E-state index contributed by atoms with van der Waals surface area (Å²) < 4.78 is 1.69. The van der Waals surface area contributed by atoms with Crippen molar-refractivity contribution < 1.29 is 4.79 Å². The summed E-state index contributed by atoms with van der Waals surface area (Å²) in [5.41, 5.74) is 3.13. The molecule has 6 heteroatoms. The highest BCUT2D eigenvalue weighted by Crippen LogP contribution is 2.19. The van der Waals surface area contributed by atoms with Gasteiger partial charge < -0.3 is 15.5 Å². The molecule has 128 valence electrons. The Labute approximate surface area is 142 Å². The Morgan fingerprint density at radius 2 is 2.12 bits per heavy atom. The highest BCUT2D eigenvalue weighted by atomic mass is 16.2. The number of aromatic nitrogens is 2. The number of benzene rings is 1. The van der Waals surface area contributed by atoms with Crippen LogP contribution >= 0.6 is 0 Å². The Morgan fingerprint density at radius 3 is 2.79 bits per heavy atom. The average Bonchev–Trinajstić information content (AvgIpc) is 2.99. The molecule has 1 aromatic heterocycles. The number of urea groups is 1. The summed E-state index contributed by atoms with van der Waals surface area (Å²) in [4.78, 5) is 14.9. The predicted octanol–water partition coefficient (Wildman–Crippen LogP) is 2.51. The number of carbonyl (C=O) groups excluding carboxylic acids is 1. The minimum atomic E-state index is -0.0573. The number of anilines is 1. The number of hydrogen-bond donors (Lipinski definition) is 2. The van der Waals surface area contributed by atoms with E-state index in [-0.39, 0.29) is 12.1 Å².